The van der Waals surface area contributed by atoms with Crippen LogP contribution in [0.4, 0.5) is 5.82 Å². The molecule has 0 radical (unpaired) electrons. The first-order valence-electron chi connectivity index (χ1n) is 9.82. The Morgan fingerprint density at radius 3 is 2.59 bits per heavy atom. The minimum absolute atomic E-state index is 0.0203. The van der Waals surface area contributed by atoms with E-state index in [0.717, 1.165) is 5.75 Å². The minimum atomic E-state index is -3.84. The number of aromatic nitrogens is 1. The number of nitriles is 1. The highest BCUT2D eigenvalue weighted by Gasteiger charge is 2.37. The SMILES string of the molecule is CCSCc1nc(N2CC(C(=O)NS(=O)(=O)Cc3ccccc3)C2)c(C#N)cc1C(=O)O. The van der Waals surface area contributed by atoms with Gasteiger partial charge in [-0.3, -0.25) is 9.52 Å². The highest BCUT2D eigenvalue weighted by atomic mass is 32.2. The zero-order valence-corrected chi connectivity index (χ0v) is 18.9. The zero-order chi connectivity index (χ0) is 23.3. The Kier molecular flexibility index (Phi) is 7.37. The van der Waals surface area contributed by atoms with Crippen molar-refractivity contribution in [2.45, 2.75) is 18.4 Å². The maximum atomic E-state index is 12.4. The Hall–Kier alpha value is -3.10. The molecule has 0 bridgehead atoms. The van der Waals surface area contributed by atoms with Crippen LogP contribution in [0.15, 0.2) is 36.4 Å². The molecule has 2 heterocycles. The summed E-state index contributed by atoms with van der Waals surface area (Å²) in [6.07, 6.45) is 0. The van der Waals surface area contributed by atoms with Crippen LogP contribution in [-0.2, 0) is 26.3 Å². The van der Waals surface area contributed by atoms with Crippen LogP contribution in [-0.4, -0.2) is 49.2 Å². The molecular formula is C21H22N4O5S2. The molecule has 0 spiro atoms. The second-order valence-electron chi connectivity index (χ2n) is 7.22. The Bertz CT molecular complexity index is 1160. The number of nitrogens with zero attached hydrogens (tertiary/aromatic N) is 3. The van der Waals surface area contributed by atoms with Crippen LogP contribution in [0.2, 0.25) is 0 Å². The number of benzene rings is 1. The van der Waals surface area contributed by atoms with Crippen molar-refractivity contribution in [2.75, 3.05) is 23.7 Å². The van der Waals surface area contributed by atoms with E-state index >= 15 is 0 Å². The number of carboxylic acids is 1. The van der Waals surface area contributed by atoms with E-state index in [1.165, 1.54) is 17.8 Å². The summed E-state index contributed by atoms with van der Waals surface area (Å²) in [5.41, 5.74) is 1.01. The van der Waals surface area contributed by atoms with E-state index in [9.17, 15) is 28.4 Å². The summed E-state index contributed by atoms with van der Waals surface area (Å²) in [6, 6.07) is 11.8. The van der Waals surface area contributed by atoms with Gasteiger partial charge in [-0.2, -0.15) is 17.0 Å². The molecule has 168 valence electrons. The van der Waals surface area contributed by atoms with Crippen LogP contribution in [0.1, 0.15) is 34.1 Å². The number of carbonyl (C=O) groups excluding carboxylic acids is 1. The third-order valence-corrected chi connectivity index (χ3v) is 6.99. The van der Waals surface area contributed by atoms with Gasteiger partial charge >= 0.3 is 5.97 Å². The predicted molar refractivity (Wildman–Crippen MR) is 121 cm³/mol. The normalized spacial score (nSPS) is 13.8. The van der Waals surface area contributed by atoms with Crippen molar-refractivity contribution in [3.05, 3.63) is 58.8 Å². The van der Waals surface area contributed by atoms with Crippen LogP contribution >= 0.6 is 11.8 Å². The molecule has 1 aliphatic rings. The lowest BCUT2D eigenvalue weighted by molar-refractivity contribution is -0.123. The first-order chi connectivity index (χ1) is 15.2. The Balaban J connectivity index is 1.69. The van der Waals surface area contributed by atoms with E-state index < -0.39 is 27.8 Å². The van der Waals surface area contributed by atoms with Crippen LogP contribution in [0.3, 0.4) is 0 Å². The number of hydrogen-bond acceptors (Lipinski definition) is 8. The maximum Gasteiger partial charge on any atom is 0.337 e. The van der Waals surface area contributed by atoms with Gasteiger partial charge in [-0.15, -0.1) is 0 Å². The van der Waals surface area contributed by atoms with Gasteiger partial charge in [-0.05, 0) is 17.4 Å². The first kappa shape index (κ1) is 23.6. The molecule has 1 saturated heterocycles. The fourth-order valence-electron chi connectivity index (χ4n) is 3.24. The number of pyridine rings is 1. The molecule has 0 unspecified atom stereocenters. The van der Waals surface area contributed by atoms with Gasteiger partial charge < -0.3 is 10.0 Å². The molecule has 1 fully saturated rings. The summed E-state index contributed by atoms with van der Waals surface area (Å²) in [4.78, 5) is 30.1. The second kappa shape index (κ2) is 10.0. The molecular weight excluding hydrogens is 452 g/mol. The van der Waals surface area contributed by atoms with Crippen LogP contribution in [0.5, 0.6) is 0 Å². The monoisotopic (exact) mass is 474 g/mol. The quantitative estimate of drug-likeness (QED) is 0.558. The molecule has 1 aromatic heterocycles. The molecule has 11 heteroatoms. The Morgan fingerprint density at radius 2 is 2.00 bits per heavy atom. The maximum absolute atomic E-state index is 12.4. The summed E-state index contributed by atoms with van der Waals surface area (Å²) >= 11 is 1.51. The third-order valence-electron chi connectivity index (χ3n) is 4.88. The second-order valence-corrected chi connectivity index (χ2v) is 10.2. The van der Waals surface area contributed by atoms with Crippen molar-refractivity contribution in [3.8, 4) is 6.07 Å². The smallest absolute Gasteiger partial charge is 0.337 e. The molecule has 0 atom stereocenters. The van der Waals surface area contributed by atoms with Gasteiger partial charge in [0, 0.05) is 18.8 Å². The van der Waals surface area contributed by atoms with Crippen LogP contribution in [0.25, 0.3) is 0 Å². The summed E-state index contributed by atoms with van der Waals surface area (Å²) in [7, 11) is -3.84. The first-order valence-corrected chi connectivity index (χ1v) is 12.6. The van der Waals surface area contributed by atoms with Gasteiger partial charge in [-0.1, -0.05) is 37.3 Å². The molecule has 1 amide bonds. The lowest BCUT2D eigenvalue weighted by atomic mass is 9.98. The number of thioether (sulfide) groups is 1. The van der Waals surface area contributed by atoms with E-state index in [0.29, 0.717) is 22.8 Å². The molecule has 3 rings (SSSR count). The number of nitrogens with one attached hydrogen (secondary N) is 1. The van der Waals surface area contributed by atoms with Crippen molar-refractivity contribution in [1.29, 1.82) is 5.26 Å². The van der Waals surface area contributed by atoms with Gasteiger partial charge in [0.1, 0.15) is 11.9 Å². The zero-order valence-electron chi connectivity index (χ0n) is 17.3. The molecule has 0 aliphatic carbocycles. The molecule has 2 N–H and O–H groups in total. The molecule has 9 nitrogen and oxygen atoms in total. The number of sulfonamides is 1. The lowest BCUT2D eigenvalue weighted by Gasteiger charge is -2.39. The van der Waals surface area contributed by atoms with E-state index in [-0.39, 0.29) is 30.0 Å². The number of amides is 1. The van der Waals surface area contributed by atoms with Gasteiger partial charge in [0.15, 0.2) is 0 Å². The topological polar surface area (TPSA) is 140 Å². The van der Waals surface area contributed by atoms with Crippen molar-refractivity contribution in [3.63, 3.8) is 0 Å². The Labute approximate surface area is 190 Å². The van der Waals surface area contributed by atoms with E-state index in [1.54, 1.807) is 35.2 Å². The van der Waals surface area contributed by atoms with Gasteiger partial charge in [-0.25, -0.2) is 18.2 Å². The van der Waals surface area contributed by atoms with Gasteiger partial charge in [0.25, 0.3) is 0 Å². The fourth-order valence-corrected chi connectivity index (χ4v) is 5.04. The number of anilines is 1. The highest BCUT2D eigenvalue weighted by molar-refractivity contribution is 7.98. The molecule has 1 aliphatic heterocycles. The van der Waals surface area contributed by atoms with Crippen molar-refractivity contribution < 1.29 is 23.1 Å². The fraction of sp³-hybridized carbons (Fsp3) is 0.333. The summed E-state index contributed by atoms with van der Waals surface area (Å²) in [5.74, 6) is -1.19. The van der Waals surface area contributed by atoms with Crippen molar-refractivity contribution in [1.82, 2.24) is 9.71 Å². The van der Waals surface area contributed by atoms with E-state index in [2.05, 4.69) is 9.71 Å². The minimum Gasteiger partial charge on any atom is -0.478 e. The largest absolute Gasteiger partial charge is 0.478 e. The molecule has 32 heavy (non-hydrogen) atoms. The summed E-state index contributed by atoms with van der Waals surface area (Å²) in [5, 5.41) is 18.9. The average Bonchev–Trinajstić information content (AvgIpc) is 2.70. The molecule has 1 aromatic carbocycles. The number of rotatable bonds is 9. The number of aromatic carboxylic acids is 1. The predicted octanol–water partition coefficient (Wildman–Crippen LogP) is 1.99. The summed E-state index contributed by atoms with van der Waals surface area (Å²) < 4.78 is 26.7. The number of carboxylic acid groups (broad SMARTS) is 1. The standard InChI is InChI=1S/C21H22N4O5S2/c1-2-31-12-18-17(21(27)28)8-15(9-22)19(23-18)25-10-16(11-25)20(26)24-32(29,30)13-14-6-4-3-5-7-14/h3-8,16H,2,10-13H2,1H3,(H,24,26)(H,27,28). The molecule has 2 aromatic rings. The highest BCUT2D eigenvalue weighted by Crippen LogP contribution is 2.29. The molecule has 0 saturated carbocycles. The van der Waals surface area contributed by atoms with Crippen LogP contribution in [0, 0.1) is 17.2 Å². The van der Waals surface area contributed by atoms with E-state index in [4.69, 9.17) is 0 Å². The Morgan fingerprint density at radius 1 is 1.31 bits per heavy atom. The third kappa shape index (κ3) is 5.57. The summed E-state index contributed by atoms with van der Waals surface area (Å²) in [6.45, 7) is 2.31. The van der Waals surface area contributed by atoms with Crippen molar-refractivity contribution >= 4 is 39.5 Å². The number of carbonyl (C=O) groups is 2. The van der Waals surface area contributed by atoms with Gasteiger partial charge in [0.2, 0.25) is 15.9 Å². The van der Waals surface area contributed by atoms with Crippen molar-refractivity contribution in [2.24, 2.45) is 5.92 Å². The average molecular weight is 475 g/mol. The van der Waals surface area contributed by atoms with E-state index in [1.807, 2.05) is 13.0 Å². The number of hydrogen-bond donors (Lipinski definition) is 2. The lowest BCUT2D eigenvalue weighted by Crippen LogP contribution is -2.55. The van der Waals surface area contributed by atoms with Crippen LogP contribution < -0.4 is 9.62 Å². The van der Waals surface area contributed by atoms with Gasteiger partial charge in [0.05, 0.1) is 28.5 Å².